The van der Waals surface area contributed by atoms with Crippen LogP contribution in [-0.4, -0.2) is 16.5 Å². The van der Waals surface area contributed by atoms with Gasteiger partial charge in [-0.2, -0.15) is 0 Å². The first-order chi connectivity index (χ1) is 5.93. The number of aromatic nitrogens is 2. The summed E-state index contributed by atoms with van der Waals surface area (Å²) in [6.45, 7) is 2.65. The van der Waals surface area contributed by atoms with Gasteiger partial charge in [-0.15, -0.1) is 11.8 Å². The minimum atomic E-state index is 0.801. The molecule has 0 aromatic carbocycles. The molecule has 12 heavy (non-hydrogen) atoms. The van der Waals surface area contributed by atoms with Gasteiger partial charge in [0.25, 0.3) is 0 Å². The summed E-state index contributed by atoms with van der Waals surface area (Å²) in [7, 11) is 0. The molecular formula is C9H11N3. The predicted molar refractivity (Wildman–Crippen MR) is 48.6 cm³/mol. The average Bonchev–Trinajstić information content (AvgIpc) is 2.14. The quantitative estimate of drug-likeness (QED) is 0.536. The topological polar surface area (TPSA) is 37.8 Å². The smallest absolute Gasteiger partial charge is 0.144 e. The molecule has 1 aromatic rings. The van der Waals surface area contributed by atoms with E-state index in [0.717, 1.165) is 18.8 Å². The van der Waals surface area contributed by atoms with Crippen LogP contribution in [0.3, 0.4) is 0 Å². The van der Waals surface area contributed by atoms with Gasteiger partial charge < -0.3 is 5.32 Å². The molecule has 1 heterocycles. The lowest BCUT2D eigenvalue weighted by Gasteiger charge is -1.99. The molecule has 0 bridgehead atoms. The molecule has 62 valence electrons. The van der Waals surface area contributed by atoms with Crippen molar-refractivity contribution >= 4 is 5.82 Å². The Labute approximate surface area is 72.2 Å². The summed E-state index contributed by atoms with van der Waals surface area (Å²) >= 11 is 0. The fourth-order valence-corrected chi connectivity index (χ4v) is 0.768. The number of hydrogen-bond acceptors (Lipinski definition) is 3. The second kappa shape index (κ2) is 5.14. The normalized spacial score (nSPS) is 8.42. The number of rotatable bonds is 3. The lowest BCUT2D eigenvalue weighted by Crippen LogP contribution is -2.01. The second-order valence-electron chi connectivity index (χ2n) is 2.19. The van der Waals surface area contributed by atoms with E-state index in [1.165, 1.54) is 0 Å². The van der Waals surface area contributed by atoms with Crippen molar-refractivity contribution in [2.45, 2.75) is 13.3 Å². The van der Waals surface area contributed by atoms with Gasteiger partial charge in [0.2, 0.25) is 0 Å². The third-order valence-corrected chi connectivity index (χ3v) is 1.30. The van der Waals surface area contributed by atoms with Crippen LogP contribution in [-0.2, 0) is 0 Å². The summed E-state index contributed by atoms with van der Waals surface area (Å²) in [4.78, 5) is 7.98. The third kappa shape index (κ3) is 3.02. The molecule has 0 atom stereocenters. The van der Waals surface area contributed by atoms with Gasteiger partial charge >= 0.3 is 0 Å². The Morgan fingerprint density at radius 3 is 3.08 bits per heavy atom. The minimum absolute atomic E-state index is 0.801. The largest absolute Gasteiger partial charge is 0.368 e. The van der Waals surface area contributed by atoms with Gasteiger partial charge in [-0.25, -0.2) is 4.98 Å². The summed E-state index contributed by atoms with van der Waals surface area (Å²) in [6.07, 6.45) is 5.84. The maximum atomic E-state index is 4.05. The Morgan fingerprint density at radius 1 is 1.50 bits per heavy atom. The molecule has 0 amide bonds. The summed E-state index contributed by atoms with van der Waals surface area (Å²) in [5.74, 6) is 6.59. The van der Waals surface area contributed by atoms with E-state index in [0.29, 0.717) is 0 Å². The highest BCUT2D eigenvalue weighted by atomic mass is 15.0. The predicted octanol–water partition coefficient (Wildman–Crippen LogP) is 1.30. The standard InChI is InChI=1S/C9H11N3/c1-2-3-4-5-11-9-8-10-6-7-12-9/h6-8H,4-5H2,1H3,(H,11,12). The Balaban J connectivity index is 2.27. The van der Waals surface area contributed by atoms with Gasteiger partial charge in [0.05, 0.1) is 6.20 Å². The van der Waals surface area contributed by atoms with Crippen LogP contribution >= 0.6 is 0 Å². The molecule has 0 radical (unpaired) electrons. The lowest BCUT2D eigenvalue weighted by molar-refractivity contribution is 1.06. The molecule has 3 nitrogen and oxygen atoms in total. The lowest BCUT2D eigenvalue weighted by atomic mass is 10.4. The molecule has 0 spiro atoms. The monoisotopic (exact) mass is 161 g/mol. The van der Waals surface area contributed by atoms with E-state index in [4.69, 9.17) is 0 Å². The highest BCUT2D eigenvalue weighted by molar-refractivity contribution is 5.29. The van der Waals surface area contributed by atoms with Gasteiger partial charge in [0, 0.05) is 25.4 Å². The first kappa shape index (κ1) is 8.54. The maximum absolute atomic E-state index is 4.05. The molecule has 0 unspecified atom stereocenters. The molecule has 1 rings (SSSR count). The summed E-state index contributed by atoms with van der Waals surface area (Å²) in [5.41, 5.74) is 0. The Hall–Kier alpha value is -1.56. The van der Waals surface area contributed by atoms with Crippen LogP contribution in [0.1, 0.15) is 13.3 Å². The van der Waals surface area contributed by atoms with Gasteiger partial charge in [-0.3, -0.25) is 4.98 Å². The minimum Gasteiger partial charge on any atom is -0.368 e. The second-order valence-corrected chi connectivity index (χ2v) is 2.19. The van der Waals surface area contributed by atoms with Crippen LogP contribution in [0.5, 0.6) is 0 Å². The van der Waals surface area contributed by atoms with Gasteiger partial charge in [0.1, 0.15) is 5.82 Å². The van der Waals surface area contributed by atoms with E-state index in [9.17, 15) is 0 Å². The van der Waals surface area contributed by atoms with E-state index in [1.54, 1.807) is 18.6 Å². The SMILES string of the molecule is CC#CCCNc1cnccn1. The van der Waals surface area contributed by atoms with Crippen molar-refractivity contribution in [3.8, 4) is 11.8 Å². The van der Waals surface area contributed by atoms with Crippen LogP contribution in [0.15, 0.2) is 18.6 Å². The van der Waals surface area contributed by atoms with Crippen molar-refractivity contribution in [3.63, 3.8) is 0 Å². The summed E-state index contributed by atoms with van der Waals surface area (Å²) in [5, 5.41) is 3.10. The van der Waals surface area contributed by atoms with Crippen LogP contribution < -0.4 is 5.32 Å². The van der Waals surface area contributed by atoms with Crippen molar-refractivity contribution < 1.29 is 0 Å². The number of nitrogens with one attached hydrogen (secondary N) is 1. The molecule has 1 N–H and O–H groups in total. The average molecular weight is 161 g/mol. The molecule has 1 aromatic heterocycles. The molecule has 0 saturated carbocycles. The van der Waals surface area contributed by atoms with E-state index < -0.39 is 0 Å². The molecule has 0 aliphatic rings. The van der Waals surface area contributed by atoms with Gasteiger partial charge in [0.15, 0.2) is 0 Å². The van der Waals surface area contributed by atoms with Crippen LogP contribution in [0.4, 0.5) is 5.82 Å². The Bertz CT molecular complexity index is 271. The highest BCUT2D eigenvalue weighted by Gasteiger charge is 1.88. The van der Waals surface area contributed by atoms with Crippen molar-refractivity contribution in [3.05, 3.63) is 18.6 Å². The van der Waals surface area contributed by atoms with Crippen LogP contribution in [0.2, 0.25) is 0 Å². The zero-order valence-electron chi connectivity index (χ0n) is 7.04. The fraction of sp³-hybridized carbons (Fsp3) is 0.333. The van der Waals surface area contributed by atoms with E-state index in [-0.39, 0.29) is 0 Å². The van der Waals surface area contributed by atoms with Crippen molar-refractivity contribution in [2.24, 2.45) is 0 Å². The van der Waals surface area contributed by atoms with Crippen molar-refractivity contribution in [2.75, 3.05) is 11.9 Å². The van der Waals surface area contributed by atoms with Gasteiger partial charge in [-0.1, -0.05) is 0 Å². The van der Waals surface area contributed by atoms with E-state index in [1.807, 2.05) is 6.92 Å². The molecular weight excluding hydrogens is 150 g/mol. The summed E-state index contributed by atoms with van der Waals surface area (Å²) < 4.78 is 0. The van der Waals surface area contributed by atoms with Crippen molar-refractivity contribution in [1.82, 2.24) is 9.97 Å². The Morgan fingerprint density at radius 2 is 2.42 bits per heavy atom. The third-order valence-electron chi connectivity index (χ3n) is 1.30. The molecule has 0 saturated heterocycles. The molecule has 0 fully saturated rings. The van der Waals surface area contributed by atoms with Crippen LogP contribution in [0.25, 0.3) is 0 Å². The highest BCUT2D eigenvalue weighted by Crippen LogP contribution is 1.95. The maximum Gasteiger partial charge on any atom is 0.144 e. The van der Waals surface area contributed by atoms with Gasteiger partial charge in [-0.05, 0) is 6.92 Å². The zero-order valence-corrected chi connectivity index (χ0v) is 7.04. The summed E-state index contributed by atoms with van der Waals surface area (Å²) in [6, 6.07) is 0. The molecule has 0 aliphatic carbocycles. The zero-order chi connectivity index (χ0) is 8.65. The molecule has 3 heteroatoms. The fourth-order valence-electron chi connectivity index (χ4n) is 0.768. The van der Waals surface area contributed by atoms with Crippen molar-refractivity contribution in [1.29, 1.82) is 0 Å². The first-order valence-corrected chi connectivity index (χ1v) is 3.83. The van der Waals surface area contributed by atoms with E-state index >= 15 is 0 Å². The van der Waals surface area contributed by atoms with Crippen LogP contribution in [0, 0.1) is 11.8 Å². The first-order valence-electron chi connectivity index (χ1n) is 3.83. The Kier molecular flexibility index (Phi) is 3.65. The number of hydrogen-bond donors (Lipinski definition) is 1. The number of anilines is 1. The molecule has 0 aliphatic heterocycles. The van der Waals surface area contributed by atoms with E-state index in [2.05, 4.69) is 27.1 Å². The number of nitrogens with zero attached hydrogens (tertiary/aromatic N) is 2.